The molecule has 136 valence electrons. The highest BCUT2D eigenvalue weighted by Gasteiger charge is 2.33. The van der Waals surface area contributed by atoms with Gasteiger partial charge in [0.1, 0.15) is 5.76 Å². The van der Waals surface area contributed by atoms with Gasteiger partial charge in [-0.25, -0.2) is 0 Å². The summed E-state index contributed by atoms with van der Waals surface area (Å²) in [5.41, 5.74) is 0.343. The van der Waals surface area contributed by atoms with Crippen LogP contribution < -0.4 is 5.32 Å². The van der Waals surface area contributed by atoms with Crippen LogP contribution >= 0.6 is 0 Å². The molecule has 24 heavy (non-hydrogen) atoms. The summed E-state index contributed by atoms with van der Waals surface area (Å²) in [6, 6.07) is 0.247. The Morgan fingerprint density at radius 1 is 1.25 bits per heavy atom. The number of rotatable bonds is 4. The van der Waals surface area contributed by atoms with Gasteiger partial charge in [-0.15, -0.1) is 0 Å². The molecule has 0 aromatic carbocycles. The summed E-state index contributed by atoms with van der Waals surface area (Å²) in [7, 11) is 0. The first-order valence-electron chi connectivity index (χ1n) is 9.64. The van der Waals surface area contributed by atoms with E-state index in [1.54, 1.807) is 0 Å². The normalized spacial score (nSPS) is 26.1. The van der Waals surface area contributed by atoms with Gasteiger partial charge in [0.25, 0.3) is 5.91 Å². The minimum atomic E-state index is -0.476. The average molecular weight is 336 g/mol. The minimum absolute atomic E-state index is 0.0524. The zero-order chi connectivity index (χ0) is 17.0. The third-order valence-corrected chi connectivity index (χ3v) is 5.81. The van der Waals surface area contributed by atoms with E-state index >= 15 is 0 Å². The van der Waals surface area contributed by atoms with Crippen molar-refractivity contribution in [3.05, 3.63) is 11.3 Å². The maximum Gasteiger partial charge on any atom is 0.250 e. The van der Waals surface area contributed by atoms with Crippen LogP contribution in [0.15, 0.2) is 11.3 Å². The number of amides is 1. The highest BCUT2D eigenvalue weighted by atomic mass is 16.5. The molecule has 2 aliphatic heterocycles. The van der Waals surface area contributed by atoms with Crippen molar-refractivity contribution in [2.45, 2.75) is 76.4 Å². The number of carbonyl (C=O) groups excluding carboxylic acids is 1. The van der Waals surface area contributed by atoms with E-state index in [9.17, 15) is 9.90 Å². The lowest BCUT2D eigenvalue weighted by molar-refractivity contribution is -0.119. The summed E-state index contributed by atoms with van der Waals surface area (Å²) in [6.45, 7) is 5.33. The largest absolute Gasteiger partial charge is 0.498 e. The van der Waals surface area contributed by atoms with E-state index in [0.29, 0.717) is 0 Å². The van der Waals surface area contributed by atoms with Crippen LogP contribution in [0.4, 0.5) is 0 Å². The fourth-order valence-electron chi connectivity index (χ4n) is 4.30. The summed E-state index contributed by atoms with van der Waals surface area (Å²) >= 11 is 0. The predicted octanol–water partition coefficient (Wildman–Crippen LogP) is 2.35. The maximum atomic E-state index is 12.4. The summed E-state index contributed by atoms with van der Waals surface area (Å²) in [4.78, 5) is 14.8. The predicted molar refractivity (Wildman–Crippen MR) is 93.5 cm³/mol. The molecule has 1 aliphatic carbocycles. The summed E-state index contributed by atoms with van der Waals surface area (Å²) < 4.78 is 5.50. The zero-order valence-electron chi connectivity index (χ0n) is 15.0. The van der Waals surface area contributed by atoms with Crippen LogP contribution in [0.2, 0.25) is 0 Å². The number of nitrogens with one attached hydrogen (secondary N) is 1. The number of nitrogens with zero attached hydrogens (tertiary/aromatic N) is 1. The molecule has 0 unspecified atom stereocenters. The molecule has 0 aromatic heterocycles. The Bertz CT molecular complexity index is 475. The van der Waals surface area contributed by atoms with E-state index in [4.69, 9.17) is 4.74 Å². The van der Waals surface area contributed by atoms with Crippen LogP contribution in [-0.4, -0.2) is 53.8 Å². The van der Waals surface area contributed by atoms with Crippen molar-refractivity contribution < 1.29 is 14.6 Å². The van der Waals surface area contributed by atoms with Gasteiger partial charge in [-0.2, -0.15) is 0 Å². The van der Waals surface area contributed by atoms with Gasteiger partial charge in [-0.1, -0.05) is 19.3 Å². The average Bonchev–Trinajstić information content (AvgIpc) is 2.57. The van der Waals surface area contributed by atoms with E-state index in [1.165, 1.54) is 6.42 Å². The van der Waals surface area contributed by atoms with Crippen molar-refractivity contribution in [2.24, 2.45) is 0 Å². The third kappa shape index (κ3) is 4.51. The van der Waals surface area contributed by atoms with Gasteiger partial charge < -0.3 is 20.1 Å². The van der Waals surface area contributed by atoms with E-state index in [1.807, 2.05) is 6.92 Å². The lowest BCUT2D eigenvalue weighted by Gasteiger charge is -2.40. The zero-order valence-corrected chi connectivity index (χ0v) is 15.0. The van der Waals surface area contributed by atoms with Gasteiger partial charge in [-0.05, 0) is 45.4 Å². The minimum Gasteiger partial charge on any atom is -0.498 e. The molecule has 5 heteroatoms. The molecule has 3 aliphatic rings. The molecular formula is C19H32N2O3. The Kier molecular flexibility index (Phi) is 5.82. The van der Waals surface area contributed by atoms with Crippen LogP contribution in [0, 0.1) is 0 Å². The Hall–Kier alpha value is -1.07. The number of hydrogen-bond donors (Lipinski definition) is 2. The van der Waals surface area contributed by atoms with Crippen LogP contribution in [0.25, 0.3) is 0 Å². The highest BCUT2D eigenvalue weighted by molar-refractivity contribution is 5.94. The molecule has 0 bridgehead atoms. The SMILES string of the molecule is CC1=C(C(=O)NC2CCN(CC3(O)CCCCC3)CC2)CCCO1. The summed E-state index contributed by atoms with van der Waals surface area (Å²) in [5, 5.41) is 13.9. The second-order valence-corrected chi connectivity index (χ2v) is 7.80. The molecule has 0 atom stereocenters. The first kappa shape index (κ1) is 17.7. The Labute approximate surface area is 145 Å². The number of likely N-dealkylation sites (tertiary alicyclic amines) is 1. The van der Waals surface area contributed by atoms with Crippen molar-refractivity contribution in [2.75, 3.05) is 26.2 Å². The number of hydrogen-bond acceptors (Lipinski definition) is 4. The fraction of sp³-hybridized carbons (Fsp3) is 0.842. The Morgan fingerprint density at radius 3 is 2.62 bits per heavy atom. The molecule has 2 N–H and O–H groups in total. The second kappa shape index (κ2) is 7.87. The molecule has 2 heterocycles. The number of piperidine rings is 1. The Morgan fingerprint density at radius 2 is 1.96 bits per heavy atom. The smallest absolute Gasteiger partial charge is 0.250 e. The van der Waals surface area contributed by atoms with Crippen molar-refractivity contribution in [3.63, 3.8) is 0 Å². The van der Waals surface area contributed by atoms with Crippen molar-refractivity contribution in [1.82, 2.24) is 10.2 Å². The second-order valence-electron chi connectivity index (χ2n) is 7.80. The van der Waals surface area contributed by atoms with Gasteiger partial charge in [-0.3, -0.25) is 4.79 Å². The van der Waals surface area contributed by atoms with Gasteiger partial charge in [0.2, 0.25) is 0 Å². The maximum absolute atomic E-state index is 12.4. The van der Waals surface area contributed by atoms with Crippen molar-refractivity contribution in [3.8, 4) is 0 Å². The monoisotopic (exact) mass is 336 g/mol. The van der Waals surface area contributed by atoms with Crippen LogP contribution in [-0.2, 0) is 9.53 Å². The van der Waals surface area contributed by atoms with Crippen LogP contribution in [0.3, 0.4) is 0 Å². The molecule has 5 nitrogen and oxygen atoms in total. The number of ether oxygens (including phenoxy) is 1. The number of β-amino-alcohol motifs (C(OH)–C–C–N with tert-alkyl or cyclic N) is 1. The van der Waals surface area contributed by atoms with Crippen molar-refractivity contribution in [1.29, 1.82) is 0 Å². The lowest BCUT2D eigenvalue weighted by Crippen LogP contribution is -2.50. The molecular weight excluding hydrogens is 304 g/mol. The van der Waals surface area contributed by atoms with Crippen molar-refractivity contribution >= 4 is 5.91 Å². The quantitative estimate of drug-likeness (QED) is 0.827. The van der Waals surface area contributed by atoms with E-state index < -0.39 is 5.60 Å². The first-order valence-corrected chi connectivity index (χ1v) is 9.64. The van der Waals surface area contributed by atoms with E-state index in [-0.39, 0.29) is 11.9 Å². The molecule has 0 radical (unpaired) electrons. The summed E-state index contributed by atoms with van der Waals surface area (Å²) in [5.74, 6) is 0.840. The van der Waals surface area contributed by atoms with E-state index in [2.05, 4.69) is 10.2 Å². The summed E-state index contributed by atoms with van der Waals surface area (Å²) in [6.07, 6.45) is 9.13. The molecule has 3 rings (SSSR count). The topological polar surface area (TPSA) is 61.8 Å². The standard InChI is InChI=1S/C19H32N2O3/c1-15-17(6-5-13-24-15)18(22)20-16-7-11-21(12-8-16)14-19(23)9-3-2-4-10-19/h16,23H,2-14H2,1H3,(H,20,22). The molecule has 0 spiro atoms. The van der Waals surface area contributed by atoms with Crippen LogP contribution in [0.5, 0.6) is 0 Å². The molecule has 2 fully saturated rings. The van der Waals surface area contributed by atoms with Crippen LogP contribution in [0.1, 0.15) is 64.7 Å². The number of allylic oxidation sites excluding steroid dienone is 1. The lowest BCUT2D eigenvalue weighted by atomic mass is 9.84. The van der Waals surface area contributed by atoms with Gasteiger partial charge >= 0.3 is 0 Å². The van der Waals surface area contributed by atoms with Gasteiger partial charge in [0, 0.05) is 25.7 Å². The Balaban J connectivity index is 1.44. The first-order chi connectivity index (χ1) is 11.6. The molecule has 1 saturated heterocycles. The molecule has 0 aromatic rings. The fourth-order valence-corrected chi connectivity index (χ4v) is 4.30. The molecule has 1 amide bonds. The highest BCUT2D eigenvalue weighted by Crippen LogP contribution is 2.29. The molecule has 1 saturated carbocycles. The van der Waals surface area contributed by atoms with Gasteiger partial charge in [0.05, 0.1) is 17.8 Å². The number of carbonyl (C=O) groups is 1. The van der Waals surface area contributed by atoms with Gasteiger partial charge in [0.15, 0.2) is 0 Å². The number of aliphatic hydroxyl groups is 1. The third-order valence-electron chi connectivity index (χ3n) is 5.81. The van der Waals surface area contributed by atoms with E-state index in [0.717, 1.165) is 88.9 Å².